The van der Waals surface area contributed by atoms with Crippen molar-refractivity contribution in [3.05, 3.63) is 12.2 Å². The highest BCUT2D eigenvalue weighted by molar-refractivity contribution is 5.78. The number of hydrogen-bond donors (Lipinski definition) is 2. The van der Waals surface area contributed by atoms with Gasteiger partial charge in [-0.3, -0.25) is 9.89 Å². The first-order valence-electron chi connectivity index (χ1n) is 7.78. The van der Waals surface area contributed by atoms with Crippen molar-refractivity contribution in [1.82, 2.24) is 10.2 Å². The maximum atomic E-state index is 5.98. The zero-order valence-electron chi connectivity index (χ0n) is 12.0. The van der Waals surface area contributed by atoms with Crippen molar-refractivity contribution in [3.63, 3.8) is 0 Å². The van der Waals surface area contributed by atoms with Crippen LogP contribution in [0.4, 0.5) is 0 Å². The van der Waals surface area contributed by atoms with E-state index in [1.54, 1.807) is 0 Å². The Labute approximate surface area is 117 Å². The molecule has 1 fully saturated rings. The summed E-state index contributed by atoms with van der Waals surface area (Å²) in [7, 11) is 0. The third-order valence-corrected chi connectivity index (χ3v) is 4.05. The SMILES string of the molecule is NC(=NCCN1CC=CCC1)NC1CCCCCC1. The van der Waals surface area contributed by atoms with Crippen molar-refractivity contribution in [2.24, 2.45) is 10.7 Å². The van der Waals surface area contributed by atoms with E-state index in [4.69, 9.17) is 5.73 Å². The number of nitrogens with two attached hydrogens (primary N) is 1. The van der Waals surface area contributed by atoms with Crippen LogP contribution in [0.3, 0.4) is 0 Å². The van der Waals surface area contributed by atoms with Crippen LogP contribution in [-0.2, 0) is 0 Å². The lowest BCUT2D eigenvalue weighted by Gasteiger charge is -2.22. The number of nitrogens with one attached hydrogen (secondary N) is 1. The molecule has 0 unspecified atom stereocenters. The van der Waals surface area contributed by atoms with E-state index in [9.17, 15) is 0 Å². The van der Waals surface area contributed by atoms with Crippen LogP contribution in [0.15, 0.2) is 17.1 Å². The maximum Gasteiger partial charge on any atom is 0.188 e. The van der Waals surface area contributed by atoms with Gasteiger partial charge in [-0.2, -0.15) is 0 Å². The van der Waals surface area contributed by atoms with Crippen LogP contribution >= 0.6 is 0 Å². The highest BCUT2D eigenvalue weighted by Gasteiger charge is 2.12. The second-order valence-electron chi connectivity index (χ2n) is 5.66. The van der Waals surface area contributed by atoms with Gasteiger partial charge in [0, 0.05) is 25.7 Å². The smallest absolute Gasteiger partial charge is 0.188 e. The number of nitrogens with zero attached hydrogens (tertiary/aromatic N) is 2. The molecular weight excluding hydrogens is 236 g/mol. The van der Waals surface area contributed by atoms with E-state index >= 15 is 0 Å². The summed E-state index contributed by atoms with van der Waals surface area (Å²) in [5.41, 5.74) is 5.98. The average molecular weight is 264 g/mol. The zero-order valence-corrected chi connectivity index (χ0v) is 12.0. The topological polar surface area (TPSA) is 53.6 Å². The number of rotatable bonds is 4. The Bertz CT molecular complexity index is 303. The predicted molar refractivity (Wildman–Crippen MR) is 81.3 cm³/mol. The lowest BCUT2D eigenvalue weighted by molar-refractivity contribution is 0.307. The largest absolute Gasteiger partial charge is 0.370 e. The Hall–Kier alpha value is -1.03. The second kappa shape index (κ2) is 8.20. The standard InChI is InChI=1S/C15H28N4/c16-15(18-14-8-4-1-2-5-9-14)17-10-13-19-11-6-3-7-12-19/h3,6,14H,1-2,4-5,7-13H2,(H3,16,17,18). The molecular formula is C15H28N4. The summed E-state index contributed by atoms with van der Waals surface area (Å²) < 4.78 is 0. The van der Waals surface area contributed by atoms with Crippen LogP contribution in [0.25, 0.3) is 0 Å². The predicted octanol–water partition coefficient (Wildman–Crippen LogP) is 1.88. The van der Waals surface area contributed by atoms with Crippen LogP contribution in [0, 0.1) is 0 Å². The van der Waals surface area contributed by atoms with E-state index in [1.165, 1.54) is 44.9 Å². The van der Waals surface area contributed by atoms with Crippen molar-refractivity contribution in [3.8, 4) is 0 Å². The molecule has 0 bridgehead atoms. The maximum absolute atomic E-state index is 5.98. The molecule has 0 aromatic carbocycles. The monoisotopic (exact) mass is 264 g/mol. The summed E-state index contributed by atoms with van der Waals surface area (Å²) in [6.45, 7) is 4.03. The van der Waals surface area contributed by atoms with Gasteiger partial charge in [-0.15, -0.1) is 0 Å². The molecule has 0 radical (unpaired) electrons. The minimum Gasteiger partial charge on any atom is -0.370 e. The lowest BCUT2D eigenvalue weighted by Crippen LogP contribution is -2.40. The molecule has 19 heavy (non-hydrogen) atoms. The van der Waals surface area contributed by atoms with E-state index in [0.29, 0.717) is 12.0 Å². The fourth-order valence-corrected chi connectivity index (χ4v) is 2.88. The molecule has 1 aliphatic carbocycles. The van der Waals surface area contributed by atoms with E-state index in [1.807, 2.05) is 0 Å². The minimum atomic E-state index is 0.546. The molecule has 0 aromatic heterocycles. The van der Waals surface area contributed by atoms with Gasteiger partial charge in [0.05, 0.1) is 6.54 Å². The van der Waals surface area contributed by atoms with Gasteiger partial charge >= 0.3 is 0 Å². The first-order chi connectivity index (χ1) is 9.34. The van der Waals surface area contributed by atoms with E-state index in [-0.39, 0.29) is 0 Å². The first kappa shape index (κ1) is 14.4. The van der Waals surface area contributed by atoms with Crippen molar-refractivity contribution in [2.45, 2.75) is 51.0 Å². The highest BCUT2D eigenvalue weighted by Crippen LogP contribution is 2.16. The molecule has 3 N–H and O–H groups in total. The number of hydrogen-bond acceptors (Lipinski definition) is 2. The summed E-state index contributed by atoms with van der Waals surface area (Å²) in [4.78, 5) is 6.88. The second-order valence-corrected chi connectivity index (χ2v) is 5.66. The summed E-state index contributed by atoms with van der Waals surface area (Å²) in [5, 5.41) is 3.39. The molecule has 2 aliphatic rings. The van der Waals surface area contributed by atoms with Crippen molar-refractivity contribution >= 4 is 5.96 Å². The third-order valence-electron chi connectivity index (χ3n) is 4.05. The van der Waals surface area contributed by atoms with Gasteiger partial charge in [0.25, 0.3) is 0 Å². The Morgan fingerprint density at radius 3 is 2.68 bits per heavy atom. The van der Waals surface area contributed by atoms with E-state index in [2.05, 4.69) is 27.4 Å². The molecule has 0 atom stereocenters. The van der Waals surface area contributed by atoms with E-state index in [0.717, 1.165) is 26.2 Å². The lowest BCUT2D eigenvalue weighted by atomic mass is 10.1. The Balaban J connectivity index is 1.65. The van der Waals surface area contributed by atoms with Crippen LogP contribution in [-0.4, -0.2) is 43.1 Å². The Kier molecular flexibility index (Phi) is 6.21. The molecule has 0 saturated heterocycles. The molecule has 4 nitrogen and oxygen atoms in total. The highest BCUT2D eigenvalue weighted by atomic mass is 15.2. The van der Waals surface area contributed by atoms with Crippen LogP contribution in [0.1, 0.15) is 44.9 Å². The summed E-state index contributed by atoms with van der Waals surface area (Å²) in [5.74, 6) is 0.638. The molecule has 1 heterocycles. The van der Waals surface area contributed by atoms with E-state index < -0.39 is 0 Å². The van der Waals surface area contributed by atoms with Crippen LogP contribution in [0.2, 0.25) is 0 Å². The molecule has 0 spiro atoms. The van der Waals surface area contributed by atoms with Gasteiger partial charge in [-0.25, -0.2) is 0 Å². The van der Waals surface area contributed by atoms with Crippen molar-refractivity contribution < 1.29 is 0 Å². The third kappa shape index (κ3) is 5.64. The number of aliphatic imine (C=N–C) groups is 1. The first-order valence-corrected chi connectivity index (χ1v) is 7.78. The van der Waals surface area contributed by atoms with Gasteiger partial charge in [0.1, 0.15) is 0 Å². The summed E-state index contributed by atoms with van der Waals surface area (Å²) in [6, 6.07) is 0.546. The van der Waals surface area contributed by atoms with Crippen molar-refractivity contribution in [2.75, 3.05) is 26.2 Å². The van der Waals surface area contributed by atoms with Gasteiger partial charge in [-0.05, 0) is 19.3 Å². The van der Waals surface area contributed by atoms with Crippen LogP contribution in [0.5, 0.6) is 0 Å². The summed E-state index contributed by atoms with van der Waals surface area (Å²) in [6.07, 6.45) is 13.5. The summed E-state index contributed by atoms with van der Waals surface area (Å²) >= 11 is 0. The molecule has 0 amide bonds. The van der Waals surface area contributed by atoms with Gasteiger partial charge in [0.15, 0.2) is 5.96 Å². The Morgan fingerprint density at radius 2 is 2.00 bits per heavy atom. The molecule has 0 aromatic rings. The average Bonchev–Trinajstić information content (AvgIpc) is 2.68. The van der Waals surface area contributed by atoms with Crippen molar-refractivity contribution in [1.29, 1.82) is 0 Å². The molecule has 2 rings (SSSR count). The van der Waals surface area contributed by atoms with Crippen LogP contribution < -0.4 is 11.1 Å². The molecule has 1 saturated carbocycles. The zero-order chi connectivity index (χ0) is 13.3. The quantitative estimate of drug-likeness (QED) is 0.353. The normalized spacial score (nSPS) is 23.3. The Morgan fingerprint density at radius 1 is 1.21 bits per heavy atom. The number of guanidine groups is 1. The van der Waals surface area contributed by atoms with Gasteiger partial charge in [-0.1, -0.05) is 37.8 Å². The van der Waals surface area contributed by atoms with Gasteiger partial charge < -0.3 is 11.1 Å². The van der Waals surface area contributed by atoms with Gasteiger partial charge in [0.2, 0.25) is 0 Å². The molecule has 4 heteroatoms. The fourth-order valence-electron chi connectivity index (χ4n) is 2.88. The molecule has 1 aliphatic heterocycles. The molecule has 108 valence electrons. The minimum absolute atomic E-state index is 0.546. The fraction of sp³-hybridized carbons (Fsp3) is 0.800.